The molecule has 2 aromatic carbocycles. The van der Waals surface area contributed by atoms with Crippen molar-refractivity contribution in [2.75, 3.05) is 14.2 Å². The first-order valence-corrected chi connectivity index (χ1v) is 11.4. The van der Waals surface area contributed by atoms with Crippen molar-refractivity contribution < 1.29 is 19.3 Å². The van der Waals surface area contributed by atoms with Crippen molar-refractivity contribution in [3.8, 4) is 0 Å². The average Bonchev–Trinajstić information content (AvgIpc) is 3.34. The summed E-state index contributed by atoms with van der Waals surface area (Å²) in [4.78, 5) is 40.5. The van der Waals surface area contributed by atoms with Gasteiger partial charge in [-0.05, 0) is 36.1 Å². The van der Waals surface area contributed by atoms with Gasteiger partial charge in [-0.1, -0.05) is 48.2 Å². The predicted octanol–water partition coefficient (Wildman–Crippen LogP) is 4.02. The number of aromatic amines is 2. The summed E-state index contributed by atoms with van der Waals surface area (Å²) in [7, 11) is 2.85. The summed E-state index contributed by atoms with van der Waals surface area (Å²) in [5, 5.41) is 4.11. The fraction of sp³-hybridized carbons (Fsp3) is 0.250. The molecule has 2 heterocycles. The zero-order valence-electron chi connectivity index (χ0n) is 18.5. The van der Waals surface area contributed by atoms with Gasteiger partial charge in [0.05, 0.1) is 24.3 Å². The van der Waals surface area contributed by atoms with Crippen LogP contribution in [0.1, 0.15) is 24.0 Å². The van der Waals surface area contributed by atoms with Gasteiger partial charge in [-0.25, -0.2) is 11.0 Å². The van der Waals surface area contributed by atoms with E-state index in [2.05, 4.69) is 33.1 Å². The molecule has 4 aromatic rings. The van der Waals surface area contributed by atoms with Crippen molar-refractivity contribution in [3.63, 3.8) is 0 Å². The highest BCUT2D eigenvalue weighted by Crippen LogP contribution is 2.39. The number of H-pyrrole nitrogens is 2. The summed E-state index contributed by atoms with van der Waals surface area (Å²) in [6, 6.07) is 16.1. The van der Waals surface area contributed by atoms with Crippen molar-refractivity contribution in [3.05, 3.63) is 59.7 Å². The minimum atomic E-state index is -0.172. The van der Waals surface area contributed by atoms with Gasteiger partial charge in [-0.3, -0.25) is 19.3 Å². The number of carbonyl (C=O) groups is 2. The zero-order chi connectivity index (χ0) is 23.2. The van der Waals surface area contributed by atoms with Crippen LogP contribution >= 0.6 is 11.8 Å². The van der Waals surface area contributed by atoms with Crippen LogP contribution in [-0.4, -0.2) is 36.0 Å². The zero-order valence-corrected chi connectivity index (χ0v) is 19.3. The number of benzene rings is 2. The molecule has 172 valence electrons. The Labute approximate surface area is 195 Å². The van der Waals surface area contributed by atoms with Crippen LogP contribution in [0.15, 0.2) is 58.6 Å². The second-order valence-electron chi connectivity index (χ2n) is 7.52. The summed E-state index contributed by atoms with van der Waals surface area (Å²) in [6.45, 7) is 0. The third-order valence-corrected chi connectivity index (χ3v) is 6.49. The van der Waals surface area contributed by atoms with Crippen LogP contribution in [-0.2, 0) is 32.1 Å². The molecule has 33 heavy (non-hydrogen) atoms. The van der Waals surface area contributed by atoms with E-state index in [9.17, 15) is 9.59 Å². The van der Waals surface area contributed by atoms with Gasteiger partial charge < -0.3 is 9.97 Å². The molecule has 0 aliphatic rings. The van der Waals surface area contributed by atoms with Crippen molar-refractivity contribution in [2.45, 2.75) is 35.7 Å². The number of aromatic nitrogens is 2. The molecule has 9 heteroatoms. The van der Waals surface area contributed by atoms with E-state index in [0.29, 0.717) is 25.7 Å². The summed E-state index contributed by atoms with van der Waals surface area (Å²) in [6.07, 6.45) is 1.74. The highest BCUT2D eigenvalue weighted by atomic mass is 32.2. The van der Waals surface area contributed by atoms with Crippen LogP contribution in [0.2, 0.25) is 0 Å². The smallest absolute Gasteiger partial charge is 0.243 e. The standard InChI is InChI=1S/C24H26N4O4S/c1-31-27-21(29)13-11-17-15-7-3-5-9-19(15)25-23(17)33-24-18(12-14-22(30)28-32-2)16-8-4-6-10-20(16)26-24/h3-10,25-26H,11-14H2,1-2H3,(H,27,29)(H,28,30). The van der Waals surface area contributed by atoms with Crippen LogP contribution in [0.25, 0.3) is 21.8 Å². The third kappa shape index (κ3) is 5.22. The predicted molar refractivity (Wildman–Crippen MR) is 128 cm³/mol. The lowest BCUT2D eigenvalue weighted by atomic mass is 10.1. The Hall–Kier alpha value is -3.27. The summed E-state index contributed by atoms with van der Waals surface area (Å²) in [5.74, 6) is -0.344. The highest BCUT2D eigenvalue weighted by molar-refractivity contribution is 7.99. The van der Waals surface area contributed by atoms with E-state index in [1.165, 1.54) is 14.2 Å². The fourth-order valence-corrected chi connectivity index (χ4v) is 5.13. The molecule has 2 amide bonds. The third-order valence-electron chi connectivity index (χ3n) is 5.39. The van der Waals surface area contributed by atoms with E-state index in [4.69, 9.17) is 9.68 Å². The molecule has 2 aromatic heterocycles. The number of para-hydroxylation sites is 2. The van der Waals surface area contributed by atoms with Crippen LogP contribution in [0.4, 0.5) is 0 Å². The van der Waals surface area contributed by atoms with Crippen LogP contribution in [0.3, 0.4) is 0 Å². The fourth-order valence-electron chi connectivity index (χ4n) is 3.93. The number of rotatable bonds is 10. The Morgan fingerprint density at radius 1 is 0.758 bits per heavy atom. The Morgan fingerprint density at radius 3 is 1.61 bits per heavy atom. The van der Waals surface area contributed by atoms with E-state index in [1.807, 2.05) is 36.4 Å². The SMILES string of the molecule is CONC(=O)CCc1c(Sc2[nH]c3ccccc3c2CCC(=O)NOC)[nH]c2ccccc12. The molecule has 0 aliphatic heterocycles. The molecular weight excluding hydrogens is 440 g/mol. The average molecular weight is 467 g/mol. The Bertz CT molecular complexity index is 1180. The normalized spacial score (nSPS) is 11.2. The lowest BCUT2D eigenvalue weighted by Gasteiger charge is -2.07. The van der Waals surface area contributed by atoms with Crippen molar-refractivity contribution in [1.82, 2.24) is 20.9 Å². The largest absolute Gasteiger partial charge is 0.349 e. The Morgan fingerprint density at radius 2 is 1.18 bits per heavy atom. The second-order valence-corrected chi connectivity index (χ2v) is 8.54. The maximum absolute atomic E-state index is 12.0. The van der Waals surface area contributed by atoms with E-state index in [1.54, 1.807) is 11.8 Å². The molecule has 0 aliphatic carbocycles. The monoisotopic (exact) mass is 466 g/mol. The van der Waals surface area contributed by atoms with E-state index in [0.717, 1.165) is 43.0 Å². The molecule has 0 saturated heterocycles. The van der Waals surface area contributed by atoms with Gasteiger partial charge >= 0.3 is 0 Å². The van der Waals surface area contributed by atoms with E-state index >= 15 is 0 Å². The number of amides is 2. The quantitative estimate of drug-likeness (QED) is 0.264. The molecule has 0 saturated carbocycles. The molecule has 0 bridgehead atoms. The molecular formula is C24H26N4O4S. The topological polar surface area (TPSA) is 108 Å². The molecule has 0 radical (unpaired) electrons. The lowest BCUT2D eigenvalue weighted by Crippen LogP contribution is -2.22. The number of hydrogen-bond acceptors (Lipinski definition) is 5. The number of carbonyl (C=O) groups excluding carboxylic acids is 2. The molecule has 0 fully saturated rings. The molecule has 4 rings (SSSR count). The minimum absolute atomic E-state index is 0.172. The van der Waals surface area contributed by atoms with Gasteiger partial charge in [-0.15, -0.1) is 0 Å². The number of nitrogens with one attached hydrogen (secondary N) is 4. The summed E-state index contributed by atoms with van der Waals surface area (Å²) in [5.41, 5.74) is 8.93. The van der Waals surface area contributed by atoms with Gasteiger partial charge in [0.25, 0.3) is 0 Å². The van der Waals surface area contributed by atoms with Gasteiger partial charge in [0.2, 0.25) is 11.8 Å². The Balaban J connectivity index is 1.68. The van der Waals surface area contributed by atoms with E-state index in [-0.39, 0.29) is 11.8 Å². The number of aryl methyl sites for hydroxylation is 2. The van der Waals surface area contributed by atoms with Crippen molar-refractivity contribution >= 4 is 45.4 Å². The van der Waals surface area contributed by atoms with Crippen LogP contribution in [0.5, 0.6) is 0 Å². The van der Waals surface area contributed by atoms with Crippen molar-refractivity contribution in [2.24, 2.45) is 0 Å². The minimum Gasteiger partial charge on any atom is -0.349 e. The number of fused-ring (bicyclic) bond motifs is 2. The molecule has 0 unspecified atom stereocenters. The number of hydroxylamine groups is 2. The molecule has 0 atom stereocenters. The number of hydrogen-bond donors (Lipinski definition) is 4. The first kappa shape index (κ1) is 22.9. The maximum atomic E-state index is 12.0. The summed E-state index contributed by atoms with van der Waals surface area (Å²) >= 11 is 1.59. The van der Waals surface area contributed by atoms with E-state index < -0.39 is 0 Å². The molecule has 4 N–H and O–H groups in total. The summed E-state index contributed by atoms with van der Waals surface area (Å²) < 4.78 is 0. The maximum Gasteiger partial charge on any atom is 0.243 e. The van der Waals surface area contributed by atoms with Crippen LogP contribution < -0.4 is 11.0 Å². The second kappa shape index (κ2) is 10.6. The van der Waals surface area contributed by atoms with Gasteiger partial charge in [0.1, 0.15) is 0 Å². The Kier molecular flexibility index (Phi) is 7.33. The van der Waals surface area contributed by atoms with Gasteiger partial charge in [-0.2, -0.15) is 0 Å². The molecule has 8 nitrogen and oxygen atoms in total. The van der Waals surface area contributed by atoms with Gasteiger partial charge in [0, 0.05) is 34.6 Å². The first-order valence-electron chi connectivity index (χ1n) is 10.6. The van der Waals surface area contributed by atoms with Crippen LogP contribution in [0, 0.1) is 0 Å². The van der Waals surface area contributed by atoms with Gasteiger partial charge in [0.15, 0.2) is 0 Å². The highest BCUT2D eigenvalue weighted by Gasteiger charge is 2.19. The lowest BCUT2D eigenvalue weighted by molar-refractivity contribution is -0.132. The van der Waals surface area contributed by atoms with Crippen molar-refractivity contribution in [1.29, 1.82) is 0 Å². The molecule has 0 spiro atoms. The first-order chi connectivity index (χ1) is 16.1.